The van der Waals surface area contributed by atoms with Crippen LogP contribution in [-0.4, -0.2) is 23.6 Å². The van der Waals surface area contributed by atoms with Crippen LogP contribution in [0.25, 0.3) is 6.08 Å². The van der Waals surface area contributed by atoms with Crippen molar-refractivity contribution in [2.75, 3.05) is 11.9 Å². The number of halogens is 1. The summed E-state index contributed by atoms with van der Waals surface area (Å²) in [6, 6.07) is 11.6. The molecule has 5 nitrogen and oxygen atoms in total. The van der Waals surface area contributed by atoms with Gasteiger partial charge in [-0.25, -0.2) is 4.79 Å². The highest BCUT2D eigenvalue weighted by Gasteiger charge is 2.13. The highest BCUT2D eigenvalue weighted by atomic mass is 35.5. The van der Waals surface area contributed by atoms with E-state index in [1.165, 1.54) is 6.08 Å². The maximum atomic E-state index is 12.4. The summed E-state index contributed by atoms with van der Waals surface area (Å²) in [6.07, 6.45) is 2.52. The molecule has 0 aliphatic heterocycles. The minimum absolute atomic E-state index is 0.338. The molecule has 2 aromatic carbocycles. The molecule has 0 heterocycles. The summed E-state index contributed by atoms with van der Waals surface area (Å²) in [4.78, 5) is 22.9. The van der Waals surface area contributed by atoms with Crippen molar-refractivity contribution in [3.05, 3.63) is 64.7 Å². The van der Waals surface area contributed by atoms with Crippen LogP contribution in [0.15, 0.2) is 48.5 Å². The molecule has 0 bridgehead atoms. The highest BCUT2D eigenvalue weighted by molar-refractivity contribution is 6.31. The molecule has 0 aromatic heterocycles. The lowest BCUT2D eigenvalue weighted by atomic mass is 10.1. The lowest BCUT2D eigenvalue weighted by Gasteiger charge is -2.11. The summed E-state index contributed by atoms with van der Waals surface area (Å²) in [6.45, 7) is 2.27. The second-order valence-corrected chi connectivity index (χ2v) is 5.26. The van der Waals surface area contributed by atoms with Crippen LogP contribution >= 0.6 is 11.6 Å². The Morgan fingerprint density at radius 3 is 2.54 bits per heavy atom. The largest absolute Gasteiger partial charge is 0.493 e. The number of hydrogen-bond acceptors (Lipinski definition) is 3. The Labute approximate surface area is 144 Å². The summed E-state index contributed by atoms with van der Waals surface area (Å²) in [5, 5.41) is 11.8. The highest BCUT2D eigenvalue weighted by Crippen LogP contribution is 2.24. The number of anilines is 1. The Morgan fingerprint density at radius 1 is 1.21 bits per heavy atom. The maximum Gasteiger partial charge on any atom is 0.328 e. The van der Waals surface area contributed by atoms with Crippen LogP contribution in [0.4, 0.5) is 5.69 Å². The average molecular weight is 346 g/mol. The summed E-state index contributed by atoms with van der Waals surface area (Å²) in [5.74, 6) is -0.896. The predicted molar refractivity (Wildman–Crippen MR) is 93.7 cm³/mol. The fraction of sp³-hybridized carbons (Fsp3) is 0.111. The smallest absolute Gasteiger partial charge is 0.328 e. The number of carbonyl (C=O) groups excluding carboxylic acids is 1. The Kier molecular flexibility index (Phi) is 5.98. The molecule has 0 radical (unpaired) electrons. The van der Waals surface area contributed by atoms with Gasteiger partial charge in [-0.05, 0) is 48.9 Å². The number of aliphatic carboxylic acids is 1. The molecule has 0 aliphatic carbocycles. The predicted octanol–water partition coefficient (Wildman–Crippen LogP) is 4.09. The second kappa shape index (κ2) is 8.17. The summed E-state index contributed by atoms with van der Waals surface area (Å²) in [7, 11) is 0. The van der Waals surface area contributed by atoms with E-state index in [4.69, 9.17) is 21.4 Å². The first-order valence-corrected chi connectivity index (χ1v) is 7.62. The van der Waals surface area contributed by atoms with E-state index in [-0.39, 0.29) is 5.91 Å². The lowest BCUT2D eigenvalue weighted by molar-refractivity contribution is -0.131. The van der Waals surface area contributed by atoms with Crippen molar-refractivity contribution in [3.63, 3.8) is 0 Å². The normalized spacial score (nSPS) is 10.6. The third kappa shape index (κ3) is 4.86. The molecule has 2 N–H and O–H groups in total. The SMILES string of the molecule is CCOc1ccc(Cl)cc1C(=O)Nc1ccc(/C=C/C(=O)O)cc1. The number of rotatable bonds is 6. The van der Waals surface area contributed by atoms with Crippen molar-refractivity contribution in [1.82, 2.24) is 0 Å². The fourth-order valence-electron chi connectivity index (χ4n) is 2.00. The molecule has 2 rings (SSSR count). The number of benzene rings is 2. The van der Waals surface area contributed by atoms with Gasteiger partial charge in [0.1, 0.15) is 5.75 Å². The Hall–Kier alpha value is -2.79. The van der Waals surface area contributed by atoms with Crippen LogP contribution in [0.3, 0.4) is 0 Å². The van der Waals surface area contributed by atoms with Gasteiger partial charge in [0.05, 0.1) is 12.2 Å². The van der Waals surface area contributed by atoms with Gasteiger partial charge in [0.25, 0.3) is 5.91 Å². The molecule has 6 heteroatoms. The van der Waals surface area contributed by atoms with Gasteiger partial charge in [-0.15, -0.1) is 0 Å². The number of nitrogens with one attached hydrogen (secondary N) is 1. The van der Waals surface area contributed by atoms with Crippen molar-refractivity contribution >= 4 is 35.2 Å². The third-order valence-electron chi connectivity index (χ3n) is 3.07. The van der Waals surface area contributed by atoms with E-state index in [1.807, 2.05) is 6.92 Å². The zero-order valence-corrected chi connectivity index (χ0v) is 13.7. The molecular formula is C18H16ClNO4. The van der Waals surface area contributed by atoms with Gasteiger partial charge < -0.3 is 15.2 Å². The molecule has 0 unspecified atom stereocenters. The summed E-state index contributed by atoms with van der Waals surface area (Å²) < 4.78 is 5.44. The third-order valence-corrected chi connectivity index (χ3v) is 3.31. The zero-order chi connectivity index (χ0) is 17.5. The molecule has 2 aromatic rings. The van der Waals surface area contributed by atoms with Gasteiger partial charge in [0.15, 0.2) is 0 Å². The van der Waals surface area contributed by atoms with E-state index >= 15 is 0 Å². The van der Waals surface area contributed by atoms with Crippen molar-refractivity contribution in [3.8, 4) is 5.75 Å². The van der Waals surface area contributed by atoms with E-state index in [2.05, 4.69) is 5.32 Å². The number of hydrogen-bond donors (Lipinski definition) is 2. The van der Waals surface area contributed by atoms with E-state index in [0.29, 0.717) is 34.2 Å². The standard InChI is InChI=1S/C18H16ClNO4/c1-2-24-16-9-6-13(19)11-15(16)18(23)20-14-7-3-12(4-8-14)5-10-17(21)22/h3-11H,2H2,1H3,(H,20,23)(H,21,22)/b10-5+. The Morgan fingerprint density at radius 2 is 1.92 bits per heavy atom. The van der Waals surface area contributed by atoms with Gasteiger partial charge in [0, 0.05) is 16.8 Å². The quantitative estimate of drug-likeness (QED) is 0.773. The van der Waals surface area contributed by atoms with Crippen molar-refractivity contribution < 1.29 is 19.4 Å². The van der Waals surface area contributed by atoms with E-state index in [1.54, 1.807) is 42.5 Å². The molecule has 0 spiro atoms. The lowest BCUT2D eigenvalue weighted by Crippen LogP contribution is -2.13. The molecule has 0 aliphatic rings. The van der Waals surface area contributed by atoms with Gasteiger partial charge in [-0.1, -0.05) is 23.7 Å². The number of amides is 1. The summed E-state index contributed by atoms with van der Waals surface area (Å²) >= 11 is 5.95. The second-order valence-electron chi connectivity index (χ2n) is 4.82. The first-order chi connectivity index (χ1) is 11.5. The maximum absolute atomic E-state index is 12.4. The molecule has 124 valence electrons. The van der Waals surface area contributed by atoms with Crippen molar-refractivity contribution in [2.24, 2.45) is 0 Å². The van der Waals surface area contributed by atoms with E-state index in [0.717, 1.165) is 6.08 Å². The van der Waals surface area contributed by atoms with Gasteiger partial charge in [0.2, 0.25) is 0 Å². The van der Waals surface area contributed by atoms with Crippen molar-refractivity contribution in [1.29, 1.82) is 0 Å². The Balaban J connectivity index is 2.15. The molecule has 0 fully saturated rings. The average Bonchev–Trinajstić information content (AvgIpc) is 2.56. The van der Waals surface area contributed by atoms with Crippen LogP contribution in [0, 0.1) is 0 Å². The molecule has 0 saturated carbocycles. The number of carboxylic acids is 1. The fourth-order valence-corrected chi connectivity index (χ4v) is 2.18. The van der Waals surface area contributed by atoms with E-state index < -0.39 is 5.97 Å². The van der Waals surface area contributed by atoms with Crippen LogP contribution in [-0.2, 0) is 4.79 Å². The van der Waals surface area contributed by atoms with Crippen LogP contribution in [0.5, 0.6) is 5.75 Å². The van der Waals surface area contributed by atoms with Crippen LogP contribution < -0.4 is 10.1 Å². The summed E-state index contributed by atoms with van der Waals surface area (Å²) in [5.41, 5.74) is 1.64. The molecule has 0 atom stereocenters. The van der Waals surface area contributed by atoms with Crippen molar-refractivity contribution in [2.45, 2.75) is 6.92 Å². The minimum atomic E-state index is -1.02. The Bertz CT molecular complexity index is 769. The number of carboxylic acid groups (broad SMARTS) is 1. The van der Waals surface area contributed by atoms with Crippen LogP contribution in [0.2, 0.25) is 5.02 Å². The minimum Gasteiger partial charge on any atom is -0.493 e. The van der Waals surface area contributed by atoms with Crippen LogP contribution in [0.1, 0.15) is 22.8 Å². The number of carbonyl (C=O) groups is 2. The van der Waals surface area contributed by atoms with Gasteiger partial charge in [-0.2, -0.15) is 0 Å². The zero-order valence-electron chi connectivity index (χ0n) is 13.0. The monoisotopic (exact) mass is 345 g/mol. The molecule has 24 heavy (non-hydrogen) atoms. The first-order valence-electron chi connectivity index (χ1n) is 7.24. The van der Waals surface area contributed by atoms with Gasteiger partial charge in [-0.3, -0.25) is 4.79 Å². The van der Waals surface area contributed by atoms with E-state index in [9.17, 15) is 9.59 Å². The van der Waals surface area contributed by atoms with Gasteiger partial charge >= 0.3 is 5.97 Å². The first kappa shape index (κ1) is 17.6. The molecular weight excluding hydrogens is 330 g/mol. The molecule has 0 saturated heterocycles. The number of ether oxygens (including phenoxy) is 1. The molecule has 1 amide bonds. The topological polar surface area (TPSA) is 75.6 Å².